The van der Waals surface area contributed by atoms with E-state index in [0.717, 1.165) is 19.3 Å². The van der Waals surface area contributed by atoms with Gasteiger partial charge in [-0.15, -0.1) is 12.4 Å². The molecule has 0 aliphatic rings. The van der Waals surface area contributed by atoms with Crippen LogP contribution in [-0.4, -0.2) is 18.5 Å². The molecule has 0 aliphatic carbocycles. The topological polar surface area (TPSA) is 55.1 Å². The van der Waals surface area contributed by atoms with Crippen molar-refractivity contribution in [3.63, 3.8) is 0 Å². The Morgan fingerprint density at radius 2 is 1.84 bits per heavy atom. The van der Waals surface area contributed by atoms with Crippen LogP contribution >= 0.6 is 12.4 Å². The Bertz CT molecular complexity index is 363. The van der Waals surface area contributed by atoms with Crippen LogP contribution in [0.4, 0.5) is 0 Å². The first-order valence-corrected chi connectivity index (χ1v) is 6.72. The quantitative estimate of drug-likeness (QED) is 0.808. The molecule has 0 heterocycles. The molecule has 0 aromatic heterocycles. The zero-order valence-electron chi connectivity index (χ0n) is 11.8. The van der Waals surface area contributed by atoms with Crippen LogP contribution < -0.4 is 11.1 Å². The molecule has 3 nitrogen and oxygen atoms in total. The SMILES string of the molecule is CCc1ccc(CCC(=O)NCCC(C)N)cc1.Cl. The number of nitrogens with two attached hydrogens (primary N) is 1. The van der Waals surface area contributed by atoms with Crippen molar-refractivity contribution in [1.82, 2.24) is 5.32 Å². The standard InChI is InChI=1S/C15H24N2O.ClH/c1-3-13-4-6-14(7-5-13)8-9-15(18)17-11-10-12(2)16;/h4-7,12H,3,8-11,16H2,1-2H3,(H,17,18);1H. The molecule has 0 bridgehead atoms. The van der Waals surface area contributed by atoms with Gasteiger partial charge in [-0.2, -0.15) is 0 Å². The number of rotatable bonds is 7. The van der Waals surface area contributed by atoms with Crippen molar-refractivity contribution in [2.24, 2.45) is 5.73 Å². The third-order valence-electron chi connectivity index (χ3n) is 2.99. The van der Waals surface area contributed by atoms with Gasteiger partial charge in [0.1, 0.15) is 0 Å². The molecule has 4 heteroatoms. The summed E-state index contributed by atoms with van der Waals surface area (Å²) in [5.41, 5.74) is 8.17. The smallest absolute Gasteiger partial charge is 0.220 e. The van der Waals surface area contributed by atoms with Crippen LogP contribution in [-0.2, 0) is 17.6 Å². The maximum atomic E-state index is 11.6. The van der Waals surface area contributed by atoms with Crippen LogP contribution in [0.1, 0.15) is 37.8 Å². The molecule has 1 rings (SSSR count). The molecule has 1 atom stereocenters. The van der Waals surface area contributed by atoms with Crippen molar-refractivity contribution < 1.29 is 4.79 Å². The summed E-state index contributed by atoms with van der Waals surface area (Å²) in [5.74, 6) is 0.107. The number of benzene rings is 1. The van der Waals surface area contributed by atoms with Crippen molar-refractivity contribution >= 4 is 18.3 Å². The lowest BCUT2D eigenvalue weighted by Gasteiger charge is -2.07. The zero-order valence-corrected chi connectivity index (χ0v) is 12.6. The van der Waals surface area contributed by atoms with E-state index in [0.29, 0.717) is 13.0 Å². The molecular weight excluding hydrogens is 260 g/mol. The van der Waals surface area contributed by atoms with Crippen LogP contribution in [0.2, 0.25) is 0 Å². The van der Waals surface area contributed by atoms with Crippen molar-refractivity contribution in [1.29, 1.82) is 0 Å². The van der Waals surface area contributed by atoms with Crippen LogP contribution in [0.5, 0.6) is 0 Å². The van der Waals surface area contributed by atoms with Crippen molar-refractivity contribution in [2.45, 2.75) is 45.6 Å². The second-order valence-electron chi connectivity index (χ2n) is 4.79. The predicted molar refractivity (Wildman–Crippen MR) is 82.7 cm³/mol. The van der Waals surface area contributed by atoms with E-state index >= 15 is 0 Å². The van der Waals surface area contributed by atoms with Crippen molar-refractivity contribution in [2.75, 3.05) is 6.54 Å². The minimum atomic E-state index is 0. The molecular formula is C15H25ClN2O. The third kappa shape index (κ3) is 7.85. The Morgan fingerprint density at radius 3 is 2.37 bits per heavy atom. The summed E-state index contributed by atoms with van der Waals surface area (Å²) in [6.07, 6.45) is 3.23. The summed E-state index contributed by atoms with van der Waals surface area (Å²) >= 11 is 0. The summed E-state index contributed by atoms with van der Waals surface area (Å²) in [6.45, 7) is 4.76. The second kappa shape index (κ2) is 9.82. The van der Waals surface area contributed by atoms with E-state index in [4.69, 9.17) is 5.73 Å². The Balaban J connectivity index is 0.00000324. The van der Waals surface area contributed by atoms with Gasteiger partial charge in [0.25, 0.3) is 0 Å². The van der Waals surface area contributed by atoms with Gasteiger partial charge >= 0.3 is 0 Å². The summed E-state index contributed by atoms with van der Waals surface area (Å²) in [7, 11) is 0. The van der Waals surface area contributed by atoms with Crippen LogP contribution in [0.15, 0.2) is 24.3 Å². The lowest BCUT2D eigenvalue weighted by atomic mass is 10.1. The van der Waals surface area contributed by atoms with Crippen LogP contribution in [0.3, 0.4) is 0 Å². The maximum Gasteiger partial charge on any atom is 0.220 e. The van der Waals surface area contributed by atoms with E-state index in [2.05, 4.69) is 36.5 Å². The minimum absolute atomic E-state index is 0. The van der Waals surface area contributed by atoms with E-state index in [1.165, 1.54) is 11.1 Å². The maximum absolute atomic E-state index is 11.6. The Labute approximate surface area is 122 Å². The van der Waals surface area contributed by atoms with Crippen molar-refractivity contribution in [3.05, 3.63) is 35.4 Å². The predicted octanol–water partition coefficient (Wildman–Crippen LogP) is 2.46. The fraction of sp³-hybridized carbons (Fsp3) is 0.533. The first kappa shape index (κ1) is 17.9. The summed E-state index contributed by atoms with van der Waals surface area (Å²) < 4.78 is 0. The number of carbonyl (C=O) groups excluding carboxylic acids is 1. The normalized spacial score (nSPS) is 11.5. The van der Waals surface area contributed by atoms with E-state index in [1.807, 2.05) is 6.92 Å². The molecule has 19 heavy (non-hydrogen) atoms. The van der Waals surface area contributed by atoms with Gasteiger partial charge in [-0.3, -0.25) is 4.79 Å². The number of nitrogens with one attached hydrogen (secondary N) is 1. The minimum Gasteiger partial charge on any atom is -0.356 e. The largest absolute Gasteiger partial charge is 0.356 e. The summed E-state index contributed by atoms with van der Waals surface area (Å²) in [6, 6.07) is 8.61. The van der Waals surface area contributed by atoms with Gasteiger partial charge in [0.05, 0.1) is 0 Å². The van der Waals surface area contributed by atoms with Crippen molar-refractivity contribution in [3.8, 4) is 0 Å². The molecule has 0 radical (unpaired) electrons. The van der Waals surface area contributed by atoms with E-state index in [-0.39, 0.29) is 24.4 Å². The number of aryl methyl sites for hydroxylation is 2. The van der Waals surface area contributed by atoms with Gasteiger partial charge in [0, 0.05) is 19.0 Å². The number of halogens is 1. The highest BCUT2D eigenvalue weighted by molar-refractivity contribution is 5.85. The Morgan fingerprint density at radius 1 is 1.26 bits per heavy atom. The number of hydrogen-bond acceptors (Lipinski definition) is 2. The van der Waals surface area contributed by atoms with Gasteiger partial charge in [0.2, 0.25) is 5.91 Å². The molecule has 0 spiro atoms. The fourth-order valence-electron chi connectivity index (χ4n) is 1.73. The molecule has 0 fully saturated rings. The fourth-order valence-corrected chi connectivity index (χ4v) is 1.73. The highest BCUT2D eigenvalue weighted by atomic mass is 35.5. The number of carbonyl (C=O) groups is 1. The average Bonchev–Trinajstić information content (AvgIpc) is 2.36. The van der Waals surface area contributed by atoms with Crippen LogP contribution in [0, 0.1) is 0 Å². The molecule has 0 saturated heterocycles. The van der Waals surface area contributed by atoms with Gasteiger partial charge in [-0.25, -0.2) is 0 Å². The van der Waals surface area contributed by atoms with Crippen LogP contribution in [0.25, 0.3) is 0 Å². The molecule has 108 valence electrons. The molecule has 1 amide bonds. The lowest BCUT2D eigenvalue weighted by Crippen LogP contribution is -2.29. The summed E-state index contributed by atoms with van der Waals surface area (Å²) in [5, 5.41) is 2.89. The highest BCUT2D eigenvalue weighted by Gasteiger charge is 2.02. The van der Waals surface area contributed by atoms with E-state index in [1.54, 1.807) is 0 Å². The van der Waals surface area contributed by atoms with Gasteiger partial charge < -0.3 is 11.1 Å². The molecule has 3 N–H and O–H groups in total. The van der Waals surface area contributed by atoms with E-state index < -0.39 is 0 Å². The highest BCUT2D eigenvalue weighted by Crippen LogP contribution is 2.07. The summed E-state index contributed by atoms with van der Waals surface area (Å²) in [4.78, 5) is 11.6. The molecule has 1 aromatic rings. The van der Waals surface area contributed by atoms with Gasteiger partial charge in [-0.1, -0.05) is 31.2 Å². The number of amides is 1. The average molecular weight is 285 g/mol. The second-order valence-corrected chi connectivity index (χ2v) is 4.79. The van der Waals surface area contributed by atoms with Gasteiger partial charge in [0.15, 0.2) is 0 Å². The number of hydrogen-bond donors (Lipinski definition) is 2. The molecule has 0 aliphatic heterocycles. The zero-order chi connectivity index (χ0) is 13.4. The Hall–Kier alpha value is -1.06. The third-order valence-corrected chi connectivity index (χ3v) is 2.99. The first-order valence-electron chi connectivity index (χ1n) is 6.72. The molecule has 1 aromatic carbocycles. The molecule has 0 saturated carbocycles. The monoisotopic (exact) mass is 284 g/mol. The van der Waals surface area contributed by atoms with E-state index in [9.17, 15) is 4.79 Å². The van der Waals surface area contributed by atoms with Gasteiger partial charge in [-0.05, 0) is 37.3 Å². The lowest BCUT2D eigenvalue weighted by molar-refractivity contribution is -0.121. The molecule has 1 unspecified atom stereocenters. The Kier molecular flexibility index (Phi) is 9.27. The first-order chi connectivity index (χ1) is 8.61.